The summed E-state index contributed by atoms with van der Waals surface area (Å²) in [5.74, 6) is 0.774. The molecule has 0 aromatic heterocycles. The Morgan fingerprint density at radius 3 is 2.92 bits per heavy atom. The van der Waals surface area contributed by atoms with Gasteiger partial charge in [0.05, 0.1) is 11.6 Å². The lowest BCUT2D eigenvalue weighted by Crippen LogP contribution is -1.86. The number of nitrogens with zero attached hydrogens (tertiary/aromatic N) is 1. The fourth-order valence-corrected chi connectivity index (χ4v) is 1.30. The molecule has 0 bridgehead atoms. The van der Waals surface area contributed by atoms with Gasteiger partial charge < -0.3 is 9.58 Å². The summed E-state index contributed by atoms with van der Waals surface area (Å²) in [6.07, 6.45) is 0. The van der Waals surface area contributed by atoms with Gasteiger partial charge in [-0.1, -0.05) is 6.07 Å². The third-order valence-corrected chi connectivity index (χ3v) is 2.13. The Balaban J connectivity index is 2.98. The average Bonchev–Trinajstić information content (AvgIpc) is 2.09. The number of halogens is 1. The molecule has 2 nitrogen and oxygen atoms in total. The van der Waals surface area contributed by atoms with E-state index < -0.39 is 0 Å². The summed E-state index contributed by atoms with van der Waals surface area (Å²) in [6, 6.07) is 5.66. The smallest absolute Gasteiger partial charge is 0.239 e. The molecule has 62 valence electrons. The Morgan fingerprint density at radius 1 is 1.58 bits per heavy atom. The molecule has 1 aromatic rings. The number of hydrogen-bond acceptors (Lipinski definition) is 1. The van der Waals surface area contributed by atoms with E-state index in [0.29, 0.717) is 6.54 Å². The summed E-state index contributed by atoms with van der Waals surface area (Å²) < 4.78 is 6.00. The Kier molecular flexibility index (Phi) is 3.12. The van der Waals surface area contributed by atoms with Gasteiger partial charge in [0.25, 0.3) is 0 Å². The molecule has 3 heteroatoms. The van der Waals surface area contributed by atoms with E-state index in [1.54, 1.807) is 7.11 Å². The van der Waals surface area contributed by atoms with Crippen LogP contribution in [-0.2, 0) is 6.54 Å². The van der Waals surface area contributed by atoms with E-state index in [0.717, 1.165) is 15.8 Å². The number of rotatable bonds is 2. The molecule has 0 radical (unpaired) electrons. The molecule has 0 fully saturated rings. The maximum absolute atomic E-state index is 6.69. The van der Waals surface area contributed by atoms with Gasteiger partial charge in [-0.3, -0.25) is 0 Å². The lowest BCUT2D eigenvalue weighted by atomic mass is 10.2. The molecule has 0 saturated heterocycles. The van der Waals surface area contributed by atoms with E-state index in [1.807, 2.05) is 18.2 Å². The minimum atomic E-state index is 0.406. The van der Waals surface area contributed by atoms with Gasteiger partial charge >= 0.3 is 0 Å². The second-order valence-electron chi connectivity index (χ2n) is 2.29. The van der Waals surface area contributed by atoms with Crippen LogP contribution < -0.4 is 4.74 Å². The molecule has 0 heterocycles. The van der Waals surface area contributed by atoms with Gasteiger partial charge in [-0.2, -0.15) is 0 Å². The summed E-state index contributed by atoms with van der Waals surface area (Å²) in [4.78, 5) is 3.29. The molecule has 0 spiro atoms. The van der Waals surface area contributed by atoms with Crippen molar-refractivity contribution in [2.75, 3.05) is 7.11 Å². The quantitative estimate of drug-likeness (QED) is 0.707. The standard InChI is InChI=1S/C9H8BrNO/c1-11-6-7-3-4-8(10)9(5-7)12-2/h3-5H,6H2,2H3. The van der Waals surface area contributed by atoms with Gasteiger partial charge in [-0.15, -0.1) is 0 Å². The van der Waals surface area contributed by atoms with E-state index in [4.69, 9.17) is 11.3 Å². The Morgan fingerprint density at radius 2 is 2.33 bits per heavy atom. The molecular formula is C9H8BrNO. The zero-order chi connectivity index (χ0) is 8.97. The molecule has 0 atom stereocenters. The van der Waals surface area contributed by atoms with Crippen LogP contribution in [-0.4, -0.2) is 7.11 Å². The monoisotopic (exact) mass is 225 g/mol. The molecule has 0 aliphatic rings. The molecular weight excluding hydrogens is 218 g/mol. The predicted octanol–water partition coefficient (Wildman–Crippen LogP) is 2.88. The van der Waals surface area contributed by atoms with Crippen LogP contribution in [0.2, 0.25) is 0 Å². The van der Waals surface area contributed by atoms with Crippen molar-refractivity contribution < 1.29 is 4.74 Å². The first kappa shape index (κ1) is 9.08. The highest BCUT2D eigenvalue weighted by molar-refractivity contribution is 9.10. The molecule has 0 saturated carbocycles. The van der Waals surface area contributed by atoms with E-state index in [2.05, 4.69) is 20.8 Å². The number of ether oxygens (including phenoxy) is 1. The van der Waals surface area contributed by atoms with Crippen LogP contribution in [0.1, 0.15) is 5.56 Å². The van der Waals surface area contributed by atoms with Crippen molar-refractivity contribution in [1.82, 2.24) is 0 Å². The first-order chi connectivity index (χ1) is 5.77. The lowest BCUT2D eigenvalue weighted by Gasteiger charge is -2.02. The van der Waals surface area contributed by atoms with Crippen molar-refractivity contribution in [3.8, 4) is 5.75 Å². The Hall–Kier alpha value is -1.01. The highest BCUT2D eigenvalue weighted by Gasteiger charge is 2.02. The van der Waals surface area contributed by atoms with Crippen molar-refractivity contribution >= 4 is 15.9 Å². The number of hydrogen-bond donors (Lipinski definition) is 0. The maximum atomic E-state index is 6.69. The van der Waals surface area contributed by atoms with E-state index in [-0.39, 0.29) is 0 Å². The average molecular weight is 226 g/mol. The van der Waals surface area contributed by atoms with Crippen molar-refractivity contribution in [2.24, 2.45) is 0 Å². The highest BCUT2D eigenvalue weighted by atomic mass is 79.9. The first-order valence-electron chi connectivity index (χ1n) is 3.43. The molecule has 12 heavy (non-hydrogen) atoms. The van der Waals surface area contributed by atoms with Gasteiger partial charge in [0, 0.05) is 5.56 Å². The van der Waals surface area contributed by atoms with Crippen LogP contribution in [0.5, 0.6) is 5.75 Å². The van der Waals surface area contributed by atoms with E-state index in [1.165, 1.54) is 0 Å². The van der Waals surface area contributed by atoms with Crippen molar-refractivity contribution in [1.29, 1.82) is 0 Å². The molecule has 0 amide bonds. The number of methoxy groups -OCH3 is 1. The second-order valence-corrected chi connectivity index (χ2v) is 3.14. The zero-order valence-corrected chi connectivity index (χ0v) is 8.26. The Bertz CT molecular complexity index is 317. The van der Waals surface area contributed by atoms with Crippen molar-refractivity contribution in [2.45, 2.75) is 6.54 Å². The first-order valence-corrected chi connectivity index (χ1v) is 4.23. The predicted molar refractivity (Wildman–Crippen MR) is 51.0 cm³/mol. The zero-order valence-electron chi connectivity index (χ0n) is 6.67. The summed E-state index contributed by atoms with van der Waals surface area (Å²) in [6.45, 7) is 7.10. The molecule has 0 N–H and O–H groups in total. The van der Waals surface area contributed by atoms with Gasteiger partial charge in [-0.25, -0.2) is 6.57 Å². The van der Waals surface area contributed by atoms with Gasteiger partial charge in [0.15, 0.2) is 0 Å². The van der Waals surface area contributed by atoms with Gasteiger partial charge in [0.2, 0.25) is 6.54 Å². The number of benzene rings is 1. The van der Waals surface area contributed by atoms with Crippen LogP contribution >= 0.6 is 15.9 Å². The molecule has 1 aromatic carbocycles. The van der Waals surface area contributed by atoms with Gasteiger partial charge in [-0.05, 0) is 28.1 Å². The third-order valence-electron chi connectivity index (χ3n) is 1.48. The van der Waals surface area contributed by atoms with Crippen LogP contribution in [0.4, 0.5) is 0 Å². The summed E-state index contributed by atoms with van der Waals surface area (Å²) in [7, 11) is 1.61. The maximum Gasteiger partial charge on any atom is 0.239 e. The molecule has 0 unspecified atom stereocenters. The lowest BCUT2D eigenvalue weighted by molar-refractivity contribution is 0.411. The van der Waals surface area contributed by atoms with Crippen molar-refractivity contribution in [3.05, 3.63) is 39.7 Å². The summed E-state index contributed by atoms with van der Waals surface area (Å²) in [5, 5.41) is 0. The van der Waals surface area contributed by atoms with Crippen LogP contribution in [0.3, 0.4) is 0 Å². The molecule has 1 rings (SSSR count). The van der Waals surface area contributed by atoms with Crippen molar-refractivity contribution in [3.63, 3.8) is 0 Å². The van der Waals surface area contributed by atoms with Crippen LogP contribution in [0, 0.1) is 6.57 Å². The summed E-state index contributed by atoms with van der Waals surface area (Å²) >= 11 is 3.34. The normalized spacial score (nSPS) is 9.08. The van der Waals surface area contributed by atoms with E-state index in [9.17, 15) is 0 Å². The fourth-order valence-electron chi connectivity index (χ4n) is 0.894. The molecule has 0 aliphatic carbocycles. The fraction of sp³-hybridized carbons (Fsp3) is 0.222. The molecule has 0 aliphatic heterocycles. The second kappa shape index (κ2) is 4.13. The Labute approximate surface area is 80.1 Å². The SMILES string of the molecule is [C-]#[N+]Cc1ccc(Br)c(OC)c1. The minimum absolute atomic E-state index is 0.406. The largest absolute Gasteiger partial charge is 0.496 e. The summed E-state index contributed by atoms with van der Waals surface area (Å²) in [5.41, 5.74) is 0.977. The van der Waals surface area contributed by atoms with Crippen LogP contribution in [0.25, 0.3) is 4.85 Å². The van der Waals surface area contributed by atoms with Gasteiger partial charge in [0.1, 0.15) is 5.75 Å². The highest BCUT2D eigenvalue weighted by Crippen LogP contribution is 2.25. The minimum Gasteiger partial charge on any atom is -0.496 e. The third kappa shape index (κ3) is 1.99. The topological polar surface area (TPSA) is 13.6 Å². The van der Waals surface area contributed by atoms with E-state index >= 15 is 0 Å². The van der Waals surface area contributed by atoms with Crippen LogP contribution in [0.15, 0.2) is 22.7 Å².